The Morgan fingerprint density at radius 1 is 0.980 bits per heavy atom. The molecule has 1 saturated carbocycles. The number of hydrogen-bond acceptors (Lipinski definition) is 8. The number of piperidine rings is 1. The minimum atomic E-state index is -0.647. The summed E-state index contributed by atoms with van der Waals surface area (Å²) in [7, 11) is 2.16. The van der Waals surface area contributed by atoms with Crippen LogP contribution in [0.2, 0.25) is 0 Å². The number of likely N-dealkylation sites (tertiary alicyclic amines) is 1. The standard InChI is InChI=1S/C39H43N7O4/c1-39(2,3)50-38(48)42-36-32-23-49-22-31(32)30-11-5-24(17-35(30)41-36)20-45(37(47)26-9-12-33(40-19-26)25-6-7-25)29-10-8-27-21-46(43-34(27)18-29)28-13-15-44(4)16-14-28/h5,8-12,17-19,21,25,28H,6-7,13-16,20,22-23H2,1-4H3,(H,41,42,48). The molecule has 0 radical (unpaired) electrons. The van der Waals surface area contributed by atoms with Crippen LogP contribution >= 0.6 is 0 Å². The Kier molecular flexibility index (Phi) is 8.27. The molecule has 2 aromatic carbocycles. The van der Waals surface area contributed by atoms with Gasteiger partial charge in [0, 0.05) is 46.0 Å². The minimum Gasteiger partial charge on any atom is -0.444 e. The Labute approximate surface area is 291 Å². The number of carbonyl (C=O) groups excluding carboxylic acids is 2. The fourth-order valence-electron chi connectivity index (χ4n) is 7.01. The molecule has 2 fully saturated rings. The molecule has 0 spiro atoms. The van der Waals surface area contributed by atoms with Crippen molar-refractivity contribution in [3.05, 3.63) is 88.9 Å². The van der Waals surface area contributed by atoms with Gasteiger partial charge in [-0.25, -0.2) is 9.78 Å². The van der Waals surface area contributed by atoms with Gasteiger partial charge in [0.05, 0.1) is 42.4 Å². The van der Waals surface area contributed by atoms with E-state index in [1.807, 2.05) is 63.2 Å². The Hall–Kier alpha value is -4.87. The summed E-state index contributed by atoms with van der Waals surface area (Å²) in [5.74, 6) is 0.789. The predicted octanol–water partition coefficient (Wildman–Crippen LogP) is 7.35. The van der Waals surface area contributed by atoms with Gasteiger partial charge in [-0.3, -0.25) is 19.8 Å². The van der Waals surface area contributed by atoms with E-state index in [4.69, 9.17) is 19.6 Å². The number of aromatic nitrogens is 4. The number of ether oxygens (including phenoxy) is 2. The van der Waals surface area contributed by atoms with Crippen LogP contribution in [-0.2, 0) is 29.2 Å². The topological polar surface area (TPSA) is 115 Å². The normalized spacial score (nSPS) is 16.9. The summed E-state index contributed by atoms with van der Waals surface area (Å²) in [6, 6.07) is 16.3. The molecule has 5 heterocycles. The molecule has 3 aromatic heterocycles. The summed E-state index contributed by atoms with van der Waals surface area (Å²) in [4.78, 5) is 40.7. The van der Waals surface area contributed by atoms with Crippen LogP contribution < -0.4 is 10.2 Å². The van der Waals surface area contributed by atoms with Crippen molar-refractivity contribution in [1.82, 2.24) is 24.6 Å². The average Bonchev–Trinajstić information content (AvgIpc) is 3.65. The molecule has 2 amide bonds. The van der Waals surface area contributed by atoms with Crippen molar-refractivity contribution in [3.63, 3.8) is 0 Å². The highest BCUT2D eigenvalue weighted by Crippen LogP contribution is 2.39. The van der Waals surface area contributed by atoms with Crippen molar-refractivity contribution in [2.24, 2.45) is 0 Å². The Bertz CT molecular complexity index is 2090. The van der Waals surface area contributed by atoms with Crippen LogP contribution in [0.25, 0.3) is 21.8 Å². The molecule has 8 rings (SSSR count). The molecular weight excluding hydrogens is 630 g/mol. The van der Waals surface area contributed by atoms with Crippen molar-refractivity contribution in [2.45, 2.75) is 83.8 Å². The van der Waals surface area contributed by atoms with Crippen LogP contribution in [0.3, 0.4) is 0 Å². The maximum Gasteiger partial charge on any atom is 0.413 e. The van der Waals surface area contributed by atoms with Crippen LogP contribution in [0.1, 0.15) is 91.2 Å². The van der Waals surface area contributed by atoms with Crippen molar-refractivity contribution in [3.8, 4) is 0 Å². The van der Waals surface area contributed by atoms with Gasteiger partial charge in [-0.15, -0.1) is 0 Å². The number of anilines is 2. The molecule has 11 heteroatoms. The fourth-order valence-corrected chi connectivity index (χ4v) is 7.01. The summed E-state index contributed by atoms with van der Waals surface area (Å²) in [6.45, 7) is 8.65. The van der Waals surface area contributed by atoms with E-state index in [1.54, 1.807) is 11.1 Å². The first-order valence-electron chi connectivity index (χ1n) is 17.6. The van der Waals surface area contributed by atoms with Gasteiger partial charge in [0.2, 0.25) is 0 Å². The van der Waals surface area contributed by atoms with E-state index >= 15 is 0 Å². The number of amides is 2. The first-order chi connectivity index (χ1) is 24.1. The van der Waals surface area contributed by atoms with Gasteiger partial charge in [0.1, 0.15) is 11.4 Å². The Morgan fingerprint density at radius 3 is 2.52 bits per heavy atom. The van der Waals surface area contributed by atoms with E-state index in [9.17, 15) is 9.59 Å². The molecule has 258 valence electrons. The number of carbonyl (C=O) groups is 2. The lowest BCUT2D eigenvalue weighted by atomic mass is 10.0. The van der Waals surface area contributed by atoms with Gasteiger partial charge in [0.25, 0.3) is 5.91 Å². The van der Waals surface area contributed by atoms with E-state index in [2.05, 4.69) is 39.2 Å². The largest absolute Gasteiger partial charge is 0.444 e. The Morgan fingerprint density at radius 2 is 1.78 bits per heavy atom. The van der Waals surface area contributed by atoms with Gasteiger partial charge < -0.3 is 19.3 Å². The third-order valence-corrected chi connectivity index (χ3v) is 9.88. The maximum absolute atomic E-state index is 14.3. The average molecular weight is 674 g/mol. The second kappa shape index (κ2) is 12.8. The number of fused-ring (bicyclic) bond motifs is 4. The predicted molar refractivity (Wildman–Crippen MR) is 192 cm³/mol. The summed E-state index contributed by atoms with van der Waals surface area (Å²) in [5.41, 5.74) is 5.97. The highest BCUT2D eigenvalue weighted by Gasteiger charge is 2.28. The number of nitrogens with zero attached hydrogens (tertiary/aromatic N) is 6. The molecule has 0 unspecified atom stereocenters. The summed E-state index contributed by atoms with van der Waals surface area (Å²) >= 11 is 0. The third kappa shape index (κ3) is 6.67. The van der Waals surface area contributed by atoms with E-state index in [1.165, 1.54) is 0 Å². The molecule has 50 heavy (non-hydrogen) atoms. The van der Waals surface area contributed by atoms with Gasteiger partial charge in [-0.05, 0) is 114 Å². The molecule has 5 aromatic rings. The minimum absolute atomic E-state index is 0.142. The monoisotopic (exact) mass is 673 g/mol. The molecule has 1 aliphatic carbocycles. The van der Waals surface area contributed by atoms with Gasteiger partial charge in [-0.2, -0.15) is 5.10 Å². The highest BCUT2D eigenvalue weighted by molar-refractivity contribution is 6.06. The van der Waals surface area contributed by atoms with E-state index in [-0.39, 0.29) is 5.91 Å². The summed E-state index contributed by atoms with van der Waals surface area (Å²) in [6.07, 6.45) is 7.69. The van der Waals surface area contributed by atoms with Crippen molar-refractivity contribution < 1.29 is 19.1 Å². The number of pyridine rings is 2. The summed E-state index contributed by atoms with van der Waals surface area (Å²) < 4.78 is 13.4. The summed E-state index contributed by atoms with van der Waals surface area (Å²) in [5, 5.41) is 9.84. The lowest BCUT2D eigenvalue weighted by Gasteiger charge is -2.28. The van der Waals surface area contributed by atoms with Crippen molar-refractivity contribution >= 4 is 45.3 Å². The van der Waals surface area contributed by atoms with Crippen molar-refractivity contribution in [2.75, 3.05) is 30.4 Å². The number of nitrogens with one attached hydrogen (secondary N) is 1. The molecular formula is C39H43N7O4. The van der Waals surface area contributed by atoms with E-state index in [0.29, 0.717) is 48.6 Å². The second-order valence-corrected chi connectivity index (χ2v) is 14.9. The van der Waals surface area contributed by atoms with Crippen LogP contribution in [0.5, 0.6) is 0 Å². The highest BCUT2D eigenvalue weighted by atomic mass is 16.6. The molecule has 11 nitrogen and oxygen atoms in total. The first-order valence-corrected chi connectivity index (χ1v) is 17.6. The number of benzene rings is 2. The van der Waals surface area contributed by atoms with Crippen LogP contribution in [0.4, 0.5) is 16.3 Å². The zero-order valence-corrected chi connectivity index (χ0v) is 29.1. The van der Waals surface area contributed by atoms with Gasteiger partial charge in [0.15, 0.2) is 0 Å². The van der Waals surface area contributed by atoms with Gasteiger partial charge in [-0.1, -0.05) is 12.1 Å². The quantitative estimate of drug-likeness (QED) is 0.191. The number of rotatable bonds is 7. The van der Waals surface area contributed by atoms with Crippen LogP contribution in [0.15, 0.2) is 60.9 Å². The van der Waals surface area contributed by atoms with E-state index in [0.717, 1.165) is 83.1 Å². The molecule has 3 aliphatic rings. The molecule has 0 atom stereocenters. The molecule has 1 N–H and O–H groups in total. The van der Waals surface area contributed by atoms with Crippen LogP contribution in [-0.4, -0.2) is 62.4 Å². The SMILES string of the molecule is CN1CCC(n2cc3ccc(N(Cc4ccc5c6c(c(NC(=O)OC(C)(C)C)nc5c4)COC6)C(=O)c4ccc(C5CC5)nc4)cc3n2)CC1. The lowest BCUT2D eigenvalue weighted by Crippen LogP contribution is -2.31. The molecule has 2 aliphatic heterocycles. The first kappa shape index (κ1) is 32.3. The van der Waals surface area contributed by atoms with Crippen molar-refractivity contribution in [1.29, 1.82) is 0 Å². The fraction of sp³-hybridized carbons (Fsp3) is 0.410. The Balaban J connectivity index is 1.14. The lowest BCUT2D eigenvalue weighted by molar-refractivity contribution is 0.0634. The zero-order valence-electron chi connectivity index (χ0n) is 29.1. The molecule has 0 bridgehead atoms. The third-order valence-electron chi connectivity index (χ3n) is 9.88. The number of hydrogen-bond donors (Lipinski definition) is 1. The van der Waals surface area contributed by atoms with Crippen LogP contribution in [0, 0.1) is 0 Å². The molecule has 1 saturated heterocycles. The second-order valence-electron chi connectivity index (χ2n) is 14.9. The zero-order chi connectivity index (χ0) is 34.6. The van der Waals surface area contributed by atoms with E-state index < -0.39 is 11.7 Å². The maximum atomic E-state index is 14.3. The van der Waals surface area contributed by atoms with Gasteiger partial charge >= 0.3 is 6.09 Å². The smallest absolute Gasteiger partial charge is 0.413 e.